The molecule has 1 heterocycles. The van der Waals surface area contributed by atoms with Gasteiger partial charge in [-0.25, -0.2) is 0 Å². The Balaban J connectivity index is 0.836. The number of carbonyl (C=O) groups is 2. The van der Waals surface area contributed by atoms with Crippen LogP contribution in [0, 0.1) is 78.9 Å². The number of benzene rings is 1. The van der Waals surface area contributed by atoms with Gasteiger partial charge in [0.1, 0.15) is 23.2 Å². The van der Waals surface area contributed by atoms with Crippen LogP contribution in [0.5, 0.6) is 11.5 Å². The summed E-state index contributed by atoms with van der Waals surface area (Å²) in [6.45, 7) is 34.1. The Kier molecular flexibility index (Phi) is 27.3. The molecule has 5 aliphatic rings. The van der Waals surface area contributed by atoms with E-state index in [1.807, 2.05) is 0 Å². The van der Waals surface area contributed by atoms with Gasteiger partial charge in [0.25, 0.3) is 0 Å². The first kappa shape index (κ1) is 67.5. The van der Waals surface area contributed by atoms with Crippen LogP contribution in [0.4, 0.5) is 0 Å². The quantitative estimate of drug-likeness (QED) is 0.0404. The molecule has 4 aliphatic carbocycles. The number of nitrogens with zero attached hydrogens (tertiary/aromatic N) is 1. The van der Waals surface area contributed by atoms with Gasteiger partial charge in [0.15, 0.2) is 0 Å². The Morgan fingerprint density at radius 1 is 0.617 bits per heavy atom. The van der Waals surface area contributed by atoms with Gasteiger partial charge in [-0.3, -0.25) is 9.59 Å². The predicted octanol–water partition coefficient (Wildman–Crippen LogP) is 19.9. The minimum atomic E-state index is -0.159. The molecule has 0 spiro atoms. The van der Waals surface area contributed by atoms with Gasteiger partial charge >= 0.3 is 11.9 Å². The highest BCUT2D eigenvalue weighted by Crippen LogP contribution is 2.66. The maximum atomic E-state index is 13.3. The van der Waals surface area contributed by atoms with E-state index in [9.17, 15) is 14.7 Å². The SMILES string of the molecule is Cc1c(C)c2c(c(C)c1OC(=O)CCCCCCN(CCCCO)CCCCCCC(=O)OC1CCC3(C)C(=CC=C4C3CCC3(C)C4CCC3C(C)CCCC(C)C)C1)CCC(C)(CCCC(C)CCCC(C)CCCC(C)C)O2. The van der Waals surface area contributed by atoms with E-state index in [-0.39, 0.29) is 35.7 Å². The maximum absolute atomic E-state index is 13.3. The van der Waals surface area contributed by atoms with Crippen LogP contribution in [-0.4, -0.2) is 59.9 Å². The van der Waals surface area contributed by atoms with Gasteiger partial charge in [-0.05, 0) is 225 Å². The number of hydrogen-bond donors (Lipinski definition) is 1. The smallest absolute Gasteiger partial charge is 0.311 e. The van der Waals surface area contributed by atoms with Gasteiger partial charge in [-0.2, -0.15) is 0 Å². The third kappa shape index (κ3) is 19.4. The van der Waals surface area contributed by atoms with Gasteiger partial charge in [-0.15, -0.1) is 0 Å². The van der Waals surface area contributed by atoms with E-state index in [4.69, 9.17) is 14.2 Å². The number of allylic oxidation sites excluding steroid dienone is 3. The van der Waals surface area contributed by atoms with Crippen LogP contribution >= 0.6 is 0 Å². The number of carbonyl (C=O) groups excluding carboxylic acids is 2. The summed E-state index contributed by atoms with van der Waals surface area (Å²) < 4.78 is 19.3. The van der Waals surface area contributed by atoms with Crippen LogP contribution < -0.4 is 9.47 Å². The van der Waals surface area contributed by atoms with Crippen molar-refractivity contribution < 1.29 is 28.9 Å². The Hall–Kier alpha value is -2.64. The molecular weight excluding hydrogens is 999 g/mol. The van der Waals surface area contributed by atoms with Crippen molar-refractivity contribution in [1.29, 1.82) is 0 Å². The molecule has 3 saturated carbocycles. The summed E-state index contributed by atoms with van der Waals surface area (Å²) in [5.74, 6) is 7.93. The zero-order chi connectivity index (χ0) is 58.7. The zero-order valence-corrected chi connectivity index (χ0v) is 54.9. The van der Waals surface area contributed by atoms with Crippen molar-refractivity contribution in [3.05, 3.63) is 45.6 Å². The number of fused-ring (bicyclic) bond motifs is 6. The van der Waals surface area contributed by atoms with Crippen molar-refractivity contribution in [2.45, 2.75) is 314 Å². The van der Waals surface area contributed by atoms with Gasteiger partial charge in [0.05, 0.1) is 0 Å². The molecular formula is C74H125NO6. The van der Waals surface area contributed by atoms with Crippen molar-refractivity contribution in [1.82, 2.24) is 4.90 Å². The summed E-state index contributed by atoms with van der Waals surface area (Å²) in [5, 5.41) is 9.50. The number of rotatable bonds is 37. The van der Waals surface area contributed by atoms with Crippen LogP contribution in [0.3, 0.4) is 0 Å². The summed E-state index contributed by atoms with van der Waals surface area (Å²) in [5.41, 5.74) is 8.22. The Morgan fingerprint density at radius 3 is 1.85 bits per heavy atom. The van der Waals surface area contributed by atoms with E-state index in [0.29, 0.717) is 24.2 Å². The zero-order valence-electron chi connectivity index (χ0n) is 54.9. The largest absolute Gasteiger partial charge is 0.487 e. The summed E-state index contributed by atoms with van der Waals surface area (Å²) in [6, 6.07) is 0. The second-order valence-corrected chi connectivity index (χ2v) is 29.8. The number of unbranched alkanes of at least 4 members (excludes halogenated alkanes) is 7. The van der Waals surface area contributed by atoms with Crippen molar-refractivity contribution in [2.75, 3.05) is 26.2 Å². The second-order valence-electron chi connectivity index (χ2n) is 29.8. The molecule has 1 aliphatic heterocycles. The highest BCUT2D eigenvalue weighted by atomic mass is 16.5. The first-order valence-corrected chi connectivity index (χ1v) is 34.6. The molecule has 3 fully saturated rings. The minimum Gasteiger partial charge on any atom is -0.487 e. The van der Waals surface area contributed by atoms with Crippen molar-refractivity contribution in [2.24, 2.45) is 58.2 Å². The number of ether oxygens (including phenoxy) is 3. The average molecular weight is 1120 g/mol. The van der Waals surface area contributed by atoms with Crippen LogP contribution in [0.2, 0.25) is 0 Å². The van der Waals surface area contributed by atoms with Gasteiger partial charge in [-0.1, -0.05) is 176 Å². The van der Waals surface area contributed by atoms with Crippen LogP contribution in [0.15, 0.2) is 23.3 Å². The molecule has 1 N–H and O–H groups in total. The van der Waals surface area contributed by atoms with E-state index in [1.54, 1.807) is 5.57 Å². The predicted molar refractivity (Wildman–Crippen MR) is 340 cm³/mol. The minimum absolute atomic E-state index is 0.0102. The summed E-state index contributed by atoms with van der Waals surface area (Å²) in [4.78, 5) is 29.1. The molecule has 7 heteroatoms. The normalized spacial score (nSPS) is 26.3. The van der Waals surface area contributed by atoms with Crippen molar-refractivity contribution >= 4 is 11.9 Å². The molecule has 10 atom stereocenters. The molecule has 10 unspecified atom stereocenters. The summed E-state index contributed by atoms with van der Waals surface area (Å²) in [6.07, 6.45) is 42.3. The fourth-order valence-electron chi connectivity index (χ4n) is 16.6. The van der Waals surface area contributed by atoms with Gasteiger partial charge in [0.2, 0.25) is 0 Å². The van der Waals surface area contributed by atoms with Crippen molar-refractivity contribution in [3.63, 3.8) is 0 Å². The molecule has 7 nitrogen and oxygen atoms in total. The molecule has 81 heavy (non-hydrogen) atoms. The van der Waals surface area contributed by atoms with E-state index in [0.717, 1.165) is 192 Å². The lowest BCUT2D eigenvalue weighted by molar-refractivity contribution is -0.151. The molecule has 462 valence electrons. The van der Waals surface area contributed by atoms with Gasteiger partial charge < -0.3 is 24.2 Å². The number of aliphatic hydroxyl groups excluding tert-OH is 1. The lowest BCUT2D eigenvalue weighted by Crippen LogP contribution is -2.46. The van der Waals surface area contributed by atoms with Crippen LogP contribution in [-0.2, 0) is 20.7 Å². The standard InChI is InChI=1S/C74H125NO6/c1-53(2)28-24-30-55(5)31-26-32-56(6)33-27-44-72(11)45-42-63-60(10)70(58(8)59(9)71(63)81-72)80-69(78)36-19-15-17-21-49-75(50-22-23-51-76)48-20-16-14-18-35-68(77)79-62-41-46-73(12)61(52-62)37-38-64-66-40-39-65(57(7)34-25-29-54(3)4)74(66,13)47-43-67(64)73/h37-38,53-57,62,65-67,76H,14-36,39-52H2,1-13H3. The third-order valence-electron chi connectivity index (χ3n) is 22.2. The molecule has 6 rings (SSSR count). The van der Waals surface area contributed by atoms with Crippen molar-refractivity contribution in [3.8, 4) is 11.5 Å². The molecule has 0 saturated heterocycles. The van der Waals surface area contributed by atoms with Crippen LogP contribution in [0.25, 0.3) is 0 Å². The topological polar surface area (TPSA) is 85.3 Å². The van der Waals surface area contributed by atoms with E-state index in [2.05, 4.69) is 107 Å². The second kappa shape index (κ2) is 32.7. The average Bonchev–Trinajstić information content (AvgIpc) is 3.96. The highest BCUT2D eigenvalue weighted by Gasteiger charge is 2.57. The van der Waals surface area contributed by atoms with E-state index < -0.39 is 0 Å². The maximum Gasteiger partial charge on any atom is 0.311 e. The monoisotopic (exact) mass is 1120 g/mol. The van der Waals surface area contributed by atoms with Crippen LogP contribution in [0.1, 0.15) is 297 Å². The molecule has 1 aromatic rings. The summed E-state index contributed by atoms with van der Waals surface area (Å²) in [7, 11) is 0. The number of esters is 2. The number of hydrogen-bond acceptors (Lipinski definition) is 7. The Morgan fingerprint density at radius 2 is 1.21 bits per heavy atom. The molecule has 0 aromatic heterocycles. The fraction of sp³-hybridized carbons (Fsp3) is 0.838. The highest BCUT2D eigenvalue weighted by molar-refractivity contribution is 5.74. The third-order valence-corrected chi connectivity index (χ3v) is 22.2. The summed E-state index contributed by atoms with van der Waals surface area (Å²) >= 11 is 0. The Bertz CT molecular complexity index is 2160. The lowest BCUT2D eigenvalue weighted by atomic mass is 9.50. The lowest BCUT2D eigenvalue weighted by Gasteiger charge is -2.55. The molecule has 0 amide bonds. The Labute approximate surface area is 498 Å². The number of aliphatic hydroxyl groups is 1. The van der Waals surface area contributed by atoms with E-state index in [1.165, 1.54) is 107 Å². The molecule has 0 bridgehead atoms. The fourth-order valence-corrected chi connectivity index (χ4v) is 16.6. The first-order valence-electron chi connectivity index (χ1n) is 34.6. The first-order chi connectivity index (χ1) is 38.7. The molecule has 1 aromatic carbocycles. The van der Waals surface area contributed by atoms with Gasteiger partial charge in [0, 0.05) is 31.4 Å². The van der Waals surface area contributed by atoms with E-state index >= 15 is 0 Å². The molecule has 0 radical (unpaired) electrons.